The first-order chi connectivity index (χ1) is 9.47. The van der Waals surface area contributed by atoms with Crippen molar-refractivity contribution in [2.45, 2.75) is 45.1 Å². The lowest BCUT2D eigenvalue weighted by molar-refractivity contribution is -0.137. The average molecular weight is 281 g/mol. The SMILES string of the molecule is CC1CC(N)CCC1C(=O)N(C)CC1CCN(C)CC1. The van der Waals surface area contributed by atoms with Crippen LogP contribution in [0.2, 0.25) is 0 Å². The molecule has 2 N–H and O–H groups in total. The van der Waals surface area contributed by atoms with Gasteiger partial charge in [-0.25, -0.2) is 0 Å². The zero-order valence-corrected chi connectivity index (χ0v) is 13.3. The Balaban J connectivity index is 1.82. The van der Waals surface area contributed by atoms with Gasteiger partial charge in [-0.3, -0.25) is 4.79 Å². The van der Waals surface area contributed by atoms with Gasteiger partial charge in [0.1, 0.15) is 0 Å². The summed E-state index contributed by atoms with van der Waals surface area (Å²) in [7, 11) is 4.17. The van der Waals surface area contributed by atoms with Crippen molar-refractivity contribution in [3.8, 4) is 0 Å². The molecule has 1 aliphatic heterocycles. The predicted molar refractivity (Wildman–Crippen MR) is 82.3 cm³/mol. The van der Waals surface area contributed by atoms with Crippen molar-refractivity contribution in [3.63, 3.8) is 0 Å². The van der Waals surface area contributed by atoms with Gasteiger partial charge in [-0.05, 0) is 64.1 Å². The third-order valence-electron chi connectivity index (χ3n) is 5.27. The van der Waals surface area contributed by atoms with Crippen LogP contribution in [0.15, 0.2) is 0 Å². The molecule has 3 atom stereocenters. The fraction of sp³-hybridized carbons (Fsp3) is 0.938. The van der Waals surface area contributed by atoms with Gasteiger partial charge in [0.25, 0.3) is 0 Å². The summed E-state index contributed by atoms with van der Waals surface area (Å²) in [5.74, 6) is 1.67. The first kappa shape index (κ1) is 15.8. The van der Waals surface area contributed by atoms with Crippen LogP contribution in [0.4, 0.5) is 0 Å². The average Bonchev–Trinajstić information content (AvgIpc) is 2.40. The fourth-order valence-electron chi connectivity index (χ4n) is 3.81. The van der Waals surface area contributed by atoms with Crippen LogP contribution in [0.1, 0.15) is 39.0 Å². The van der Waals surface area contributed by atoms with Gasteiger partial charge in [-0.1, -0.05) is 6.92 Å². The van der Waals surface area contributed by atoms with Crippen LogP contribution in [0.5, 0.6) is 0 Å². The second-order valence-corrected chi connectivity index (χ2v) is 7.12. The third-order valence-corrected chi connectivity index (χ3v) is 5.27. The lowest BCUT2D eigenvalue weighted by Crippen LogP contribution is -2.44. The molecule has 1 saturated heterocycles. The molecule has 1 saturated carbocycles. The van der Waals surface area contributed by atoms with Crippen molar-refractivity contribution in [2.24, 2.45) is 23.5 Å². The Morgan fingerprint density at radius 1 is 1.25 bits per heavy atom. The maximum absolute atomic E-state index is 12.6. The first-order valence-electron chi connectivity index (χ1n) is 8.16. The largest absolute Gasteiger partial charge is 0.345 e. The minimum absolute atomic E-state index is 0.200. The number of nitrogens with zero attached hydrogens (tertiary/aromatic N) is 2. The molecule has 0 bridgehead atoms. The number of amides is 1. The van der Waals surface area contributed by atoms with E-state index in [-0.39, 0.29) is 5.92 Å². The molecule has 0 aromatic rings. The zero-order valence-electron chi connectivity index (χ0n) is 13.3. The van der Waals surface area contributed by atoms with Crippen LogP contribution in [0.25, 0.3) is 0 Å². The Kier molecular flexibility index (Phi) is 5.44. The Hall–Kier alpha value is -0.610. The quantitative estimate of drug-likeness (QED) is 0.854. The lowest BCUT2D eigenvalue weighted by atomic mass is 9.77. The van der Waals surface area contributed by atoms with Crippen LogP contribution in [-0.4, -0.2) is 55.5 Å². The number of likely N-dealkylation sites (tertiary alicyclic amines) is 1. The van der Waals surface area contributed by atoms with Crippen LogP contribution < -0.4 is 5.73 Å². The molecule has 2 fully saturated rings. The van der Waals surface area contributed by atoms with Gasteiger partial charge in [0.05, 0.1) is 0 Å². The molecular weight excluding hydrogens is 250 g/mol. The normalized spacial score (nSPS) is 33.1. The van der Waals surface area contributed by atoms with E-state index in [0.717, 1.165) is 25.8 Å². The highest BCUT2D eigenvalue weighted by atomic mass is 16.2. The molecule has 0 aromatic heterocycles. The highest BCUT2D eigenvalue weighted by Crippen LogP contribution is 2.30. The minimum Gasteiger partial charge on any atom is -0.345 e. The molecule has 1 heterocycles. The minimum atomic E-state index is 0.200. The van der Waals surface area contributed by atoms with Gasteiger partial charge < -0.3 is 15.5 Å². The summed E-state index contributed by atoms with van der Waals surface area (Å²) < 4.78 is 0. The molecule has 4 nitrogen and oxygen atoms in total. The van der Waals surface area contributed by atoms with Gasteiger partial charge in [-0.15, -0.1) is 0 Å². The van der Waals surface area contributed by atoms with Crippen molar-refractivity contribution < 1.29 is 4.79 Å². The van der Waals surface area contributed by atoms with E-state index >= 15 is 0 Å². The molecule has 1 aliphatic carbocycles. The molecule has 3 unspecified atom stereocenters. The van der Waals surface area contributed by atoms with Gasteiger partial charge in [0, 0.05) is 25.6 Å². The van der Waals surface area contributed by atoms with E-state index in [0.29, 0.717) is 23.8 Å². The van der Waals surface area contributed by atoms with E-state index in [1.807, 2.05) is 11.9 Å². The van der Waals surface area contributed by atoms with Crippen molar-refractivity contribution in [1.82, 2.24) is 9.80 Å². The topological polar surface area (TPSA) is 49.6 Å². The number of hydrogen-bond acceptors (Lipinski definition) is 3. The molecule has 2 aliphatic rings. The number of carbonyl (C=O) groups is 1. The second-order valence-electron chi connectivity index (χ2n) is 7.12. The Morgan fingerprint density at radius 3 is 2.50 bits per heavy atom. The van der Waals surface area contributed by atoms with Crippen molar-refractivity contribution in [2.75, 3.05) is 33.7 Å². The van der Waals surface area contributed by atoms with Crippen LogP contribution >= 0.6 is 0 Å². The van der Waals surface area contributed by atoms with Gasteiger partial charge in [0.15, 0.2) is 0 Å². The third kappa shape index (κ3) is 3.95. The maximum Gasteiger partial charge on any atom is 0.225 e. The Morgan fingerprint density at radius 2 is 1.90 bits per heavy atom. The summed E-state index contributed by atoms with van der Waals surface area (Å²) >= 11 is 0. The van der Waals surface area contributed by atoms with Crippen LogP contribution in [-0.2, 0) is 4.79 Å². The van der Waals surface area contributed by atoms with Gasteiger partial charge >= 0.3 is 0 Å². The van der Waals surface area contributed by atoms with Crippen molar-refractivity contribution in [1.29, 1.82) is 0 Å². The van der Waals surface area contributed by atoms with Gasteiger partial charge in [0.2, 0.25) is 5.91 Å². The number of carbonyl (C=O) groups excluding carboxylic acids is 1. The fourth-order valence-corrected chi connectivity index (χ4v) is 3.81. The van der Waals surface area contributed by atoms with Crippen molar-refractivity contribution in [3.05, 3.63) is 0 Å². The monoisotopic (exact) mass is 281 g/mol. The zero-order chi connectivity index (χ0) is 14.7. The highest BCUT2D eigenvalue weighted by Gasteiger charge is 2.33. The molecule has 116 valence electrons. The molecule has 0 radical (unpaired) electrons. The van der Waals surface area contributed by atoms with Crippen molar-refractivity contribution >= 4 is 5.91 Å². The summed E-state index contributed by atoms with van der Waals surface area (Å²) in [6, 6.07) is 0.299. The Labute approximate surface area is 123 Å². The van der Waals surface area contributed by atoms with E-state index in [2.05, 4.69) is 18.9 Å². The lowest BCUT2D eigenvalue weighted by Gasteiger charge is -2.36. The molecule has 1 amide bonds. The molecular formula is C16H31N3O. The molecule has 0 aromatic carbocycles. The molecule has 20 heavy (non-hydrogen) atoms. The van der Waals surface area contributed by atoms with Crippen LogP contribution in [0, 0.1) is 17.8 Å². The summed E-state index contributed by atoms with van der Waals surface area (Å²) in [5, 5.41) is 0. The van der Waals surface area contributed by atoms with Crippen LogP contribution in [0.3, 0.4) is 0 Å². The van der Waals surface area contributed by atoms with E-state index in [1.54, 1.807) is 0 Å². The molecule has 4 heteroatoms. The smallest absolute Gasteiger partial charge is 0.225 e. The standard InChI is InChI=1S/C16H31N3O/c1-12-10-14(17)4-5-15(12)16(20)19(3)11-13-6-8-18(2)9-7-13/h12-15H,4-11,17H2,1-3H3. The van der Waals surface area contributed by atoms with E-state index in [1.165, 1.54) is 25.9 Å². The van der Waals surface area contributed by atoms with E-state index in [9.17, 15) is 4.79 Å². The first-order valence-corrected chi connectivity index (χ1v) is 8.16. The second kappa shape index (κ2) is 6.90. The summed E-state index contributed by atoms with van der Waals surface area (Å²) in [6.07, 6.45) is 5.42. The number of nitrogens with two attached hydrogens (primary N) is 1. The highest BCUT2D eigenvalue weighted by molar-refractivity contribution is 5.79. The number of rotatable bonds is 3. The summed E-state index contributed by atoms with van der Waals surface area (Å²) in [4.78, 5) is 17.0. The van der Waals surface area contributed by atoms with Gasteiger partial charge in [-0.2, -0.15) is 0 Å². The predicted octanol–water partition coefficient (Wildman–Crippen LogP) is 1.55. The maximum atomic E-state index is 12.6. The van der Waals surface area contributed by atoms with E-state index < -0.39 is 0 Å². The number of hydrogen-bond donors (Lipinski definition) is 1. The van der Waals surface area contributed by atoms with E-state index in [4.69, 9.17) is 5.73 Å². The molecule has 2 rings (SSSR count). The summed E-state index contributed by atoms with van der Waals surface area (Å²) in [5.41, 5.74) is 6.00. The molecule has 0 spiro atoms. The summed E-state index contributed by atoms with van der Waals surface area (Å²) in [6.45, 7) is 5.45. The number of piperidine rings is 1. The Bertz CT molecular complexity index is 326.